The molecule has 0 saturated carbocycles. The average Bonchev–Trinajstić information content (AvgIpc) is 3.24. The van der Waals surface area contributed by atoms with Crippen molar-refractivity contribution in [2.45, 2.75) is 121 Å². The highest BCUT2D eigenvalue weighted by Crippen LogP contribution is 2.48. The van der Waals surface area contributed by atoms with E-state index in [0.717, 1.165) is 122 Å². The molecule has 23 nitrogen and oxygen atoms in total. The molecule has 0 spiro atoms. The lowest BCUT2D eigenvalue weighted by Crippen LogP contribution is -2.49. The smallest absolute Gasteiger partial charge is 0.333 e. The number of hydrogen-bond acceptors (Lipinski definition) is 12. The summed E-state index contributed by atoms with van der Waals surface area (Å²) in [7, 11) is -5.99. The van der Waals surface area contributed by atoms with Gasteiger partial charge in [-0.25, -0.2) is 47.5 Å². The Bertz CT molecular complexity index is 3700. The second-order valence-corrected chi connectivity index (χ2v) is 25.7. The van der Waals surface area contributed by atoms with Crippen LogP contribution in [0.4, 0.5) is 30.6 Å². The van der Waals surface area contributed by atoms with Crippen molar-refractivity contribution in [2.75, 3.05) is 50.4 Å². The van der Waals surface area contributed by atoms with Crippen molar-refractivity contribution in [3.63, 3.8) is 0 Å². The van der Waals surface area contributed by atoms with Gasteiger partial charge in [-0.3, -0.25) is 24.0 Å². The molecule has 25 heteroatoms. The fraction of sp³-hybridized carbons (Fsp3) is 0.448. The van der Waals surface area contributed by atoms with Crippen LogP contribution in [0.15, 0.2) is 74.7 Å². The highest BCUT2D eigenvalue weighted by Gasteiger charge is 2.39. The van der Waals surface area contributed by atoms with Gasteiger partial charge in [-0.15, -0.1) is 0 Å². The summed E-state index contributed by atoms with van der Waals surface area (Å²) in [5, 5.41) is 16.1. The molecule has 10 rings (SSSR count). The van der Waals surface area contributed by atoms with Gasteiger partial charge < -0.3 is 26.2 Å². The van der Waals surface area contributed by atoms with E-state index in [4.69, 9.17) is 0 Å². The van der Waals surface area contributed by atoms with E-state index in [1.54, 1.807) is 12.1 Å². The third kappa shape index (κ3) is 11.8. The van der Waals surface area contributed by atoms with E-state index >= 15 is 0 Å². The monoisotopic (exact) mass is 1170 g/mol. The number of hydrogen-bond donors (Lipinski definition) is 7. The van der Waals surface area contributed by atoms with Crippen LogP contribution in [0.25, 0.3) is 0 Å². The Labute approximate surface area is 482 Å². The van der Waals surface area contributed by atoms with Crippen molar-refractivity contribution in [1.29, 1.82) is 0 Å². The van der Waals surface area contributed by atoms with E-state index in [-0.39, 0.29) is 60.4 Å². The Morgan fingerprint density at radius 2 is 1.20 bits per heavy atom. The molecular formula is C58H70N12O11S2. The number of amides is 11. The number of sulfonamides is 2. The van der Waals surface area contributed by atoms with Crippen LogP contribution in [-0.2, 0) is 94.5 Å². The summed E-state index contributed by atoms with van der Waals surface area (Å²) >= 11 is 0. The van der Waals surface area contributed by atoms with E-state index in [2.05, 4.69) is 53.4 Å². The molecule has 4 aromatic rings. The number of benzene rings is 3. The lowest BCUT2D eigenvalue weighted by atomic mass is 9.87. The van der Waals surface area contributed by atoms with Crippen molar-refractivity contribution < 1.29 is 50.4 Å². The minimum atomic E-state index is -4.58. The van der Waals surface area contributed by atoms with Gasteiger partial charge in [0.2, 0.25) is 0 Å². The second-order valence-electron chi connectivity index (χ2n) is 22.4. The maximum absolute atomic E-state index is 13.8. The summed E-state index contributed by atoms with van der Waals surface area (Å²) in [4.78, 5) is 93.8. The number of nitrogens with zero attached hydrogens (tertiary/aromatic N) is 5. The van der Waals surface area contributed by atoms with E-state index in [9.17, 15) is 50.4 Å². The van der Waals surface area contributed by atoms with Crippen LogP contribution in [-0.4, -0.2) is 123 Å². The Balaban J connectivity index is 0.744. The number of aryl methyl sites for hydroxylation is 3. The molecule has 440 valence electrons. The molecule has 2 atom stereocenters. The number of fused-ring (bicyclic) bond motifs is 4. The normalized spacial score (nSPS) is 18.0. The van der Waals surface area contributed by atoms with Gasteiger partial charge in [0.25, 0.3) is 37.8 Å². The van der Waals surface area contributed by atoms with E-state index < -0.39 is 55.1 Å². The van der Waals surface area contributed by atoms with Gasteiger partial charge in [0, 0.05) is 62.3 Å². The number of aromatic nitrogens is 2. The highest BCUT2D eigenvalue weighted by atomic mass is 32.2. The molecule has 2 unspecified atom stereocenters. The molecule has 6 aliphatic rings. The number of rotatable bonds is 17. The number of hydrazine groups is 1. The lowest BCUT2D eigenvalue weighted by Gasteiger charge is -2.19. The maximum Gasteiger partial charge on any atom is 0.333 e. The number of imide groups is 1. The SMILES string of the molecule is CCC1=C(C)CN(NC(=O)NCCc2ccc(S(=O)(=O)NC(=O)Nc3c4c(cc5c3CC(C3Cc6cc7c(c(NC(=O)NS(=O)(=O)c8cc(C(=O)N(C)CCNC(=O)N9CC(C)=C(CC)C9=O)n(C)n8)c6C3)CCC7)C5)CCC4)cc2)C1=O. The summed E-state index contributed by atoms with van der Waals surface area (Å²) in [5.41, 5.74) is 15.8. The number of carbonyl (C=O) groups is 7. The molecule has 0 saturated heterocycles. The third-order valence-corrected chi connectivity index (χ3v) is 19.6. The zero-order valence-corrected chi connectivity index (χ0v) is 49.1. The van der Waals surface area contributed by atoms with Gasteiger partial charge in [-0.05, 0) is 183 Å². The summed E-state index contributed by atoms with van der Waals surface area (Å²) in [6.07, 6.45) is 9.02. The number of anilines is 2. The first kappa shape index (κ1) is 58.1. The van der Waals surface area contributed by atoms with Crippen LogP contribution in [0, 0.1) is 11.8 Å². The van der Waals surface area contributed by atoms with E-state index in [0.29, 0.717) is 67.6 Å². The molecular weight excluding hydrogens is 1100 g/mol. The molecule has 0 fully saturated rings. The summed E-state index contributed by atoms with van der Waals surface area (Å²) < 4.78 is 60.1. The van der Waals surface area contributed by atoms with E-state index in [1.807, 2.05) is 27.7 Å². The van der Waals surface area contributed by atoms with E-state index in [1.165, 1.54) is 36.1 Å². The quantitative estimate of drug-likeness (QED) is 0.0716. The van der Waals surface area contributed by atoms with Crippen molar-refractivity contribution in [3.05, 3.63) is 121 Å². The van der Waals surface area contributed by atoms with Gasteiger partial charge in [0.1, 0.15) is 5.69 Å². The molecule has 0 bridgehead atoms. The highest BCUT2D eigenvalue weighted by molar-refractivity contribution is 7.90. The molecule has 83 heavy (non-hydrogen) atoms. The number of nitrogens with one attached hydrogen (secondary N) is 7. The largest absolute Gasteiger partial charge is 0.339 e. The molecule has 3 heterocycles. The van der Waals surface area contributed by atoms with Crippen molar-refractivity contribution in [3.8, 4) is 0 Å². The van der Waals surface area contributed by atoms with Gasteiger partial charge >= 0.3 is 24.1 Å². The van der Waals surface area contributed by atoms with Gasteiger partial charge in [0.05, 0.1) is 18.0 Å². The van der Waals surface area contributed by atoms with Crippen LogP contribution in [0.3, 0.4) is 0 Å². The zero-order valence-electron chi connectivity index (χ0n) is 47.5. The van der Waals surface area contributed by atoms with Crippen molar-refractivity contribution in [2.24, 2.45) is 18.9 Å². The third-order valence-electron chi connectivity index (χ3n) is 17.1. The molecule has 0 radical (unpaired) electrons. The summed E-state index contributed by atoms with van der Waals surface area (Å²) in [6.45, 7) is 8.20. The average molecular weight is 1180 g/mol. The summed E-state index contributed by atoms with van der Waals surface area (Å²) in [5.74, 6) is -0.876. The number of carbonyl (C=O) groups excluding carboxylic acids is 7. The molecule has 1 aromatic heterocycles. The fourth-order valence-corrected chi connectivity index (χ4v) is 14.6. The molecule has 2 aliphatic heterocycles. The van der Waals surface area contributed by atoms with Gasteiger partial charge in [-0.1, -0.05) is 38.1 Å². The first-order valence-corrected chi connectivity index (χ1v) is 31.2. The summed E-state index contributed by atoms with van der Waals surface area (Å²) in [6, 6.07) is 8.59. The number of urea groups is 4. The Morgan fingerprint density at radius 1 is 0.651 bits per heavy atom. The lowest BCUT2D eigenvalue weighted by molar-refractivity contribution is -0.127. The van der Waals surface area contributed by atoms with Crippen LogP contribution in [0.1, 0.15) is 114 Å². The topological polar surface area (TPSA) is 300 Å². The van der Waals surface area contributed by atoms with Crippen LogP contribution < -0.4 is 36.1 Å². The van der Waals surface area contributed by atoms with Gasteiger partial charge in [-0.2, -0.15) is 13.5 Å². The van der Waals surface area contributed by atoms with Crippen LogP contribution in [0.5, 0.6) is 0 Å². The minimum Gasteiger partial charge on any atom is -0.339 e. The Kier molecular flexibility index (Phi) is 16.3. The van der Waals surface area contributed by atoms with Crippen LogP contribution in [0.2, 0.25) is 0 Å². The minimum absolute atomic E-state index is 0.0184. The van der Waals surface area contributed by atoms with Crippen LogP contribution >= 0.6 is 0 Å². The molecule has 7 N–H and O–H groups in total. The Morgan fingerprint density at radius 3 is 1.76 bits per heavy atom. The van der Waals surface area contributed by atoms with Crippen molar-refractivity contribution in [1.82, 2.24) is 50.1 Å². The Hall–Kier alpha value is -8.06. The standard InChI is InChI=1S/C58H70N12O11S2/c1-7-42-32(3)30-69(52(42)71)58(77)60-21-22-67(5)54(73)48-29-49(63-68(48)6)83(80,81)66-57(76)62-51-45-14-10-12-36(45)24-40-26-38(28-47(40)51)37-25-39-23-35-11-9-13-44(35)50(46(39)27-37)61-56(75)65-82(78,79)41-17-15-34(16-18-41)19-20-59-55(74)64-70-31-33(4)43(8-2)53(70)72/h15-18,23-24,29,37-38H,7-14,19-22,25-28,30-31H2,1-6H3,(H,60,77)(H2,59,64,74)(H2,61,65,75)(H2,62,66,76). The predicted octanol–water partition coefficient (Wildman–Crippen LogP) is 5.22. The number of likely N-dealkylation sites (N-methyl/N-ethyl adjacent to an activating group) is 1. The van der Waals surface area contributed by atoms with Gasteiger partial charge in [0.15, 0.2) is 5.03 Å². The first-order chi connectivity index (χ1) is 39.5. The van der Waals surface area contributed by atoms with Crippen molar-refractivity contribution >= 4 is 73.3 Å². The second kappa shape index (κ2) is 23.3. The zero-order chi connectivity index (χ0) is 59.2. The molecule has 3 aromatic carbocycles. The molecule has 11 amide bonds. The molecule has 4 aliphatic carbocycles. The maximum atomic E-state index is 13.8. The fourth-order valence-electron chi connectivity index (χ4n) is 12.8. The predicted molar refractivity (Wildman–Crippen MR) is 307 cm³/mol. The first-order valence-electron chi connectivity index (χ1n) is 28.3.